The molecule has 1 saturated heterocycles. The van der Waals surface area contributed by atoms with Gasteiger partial charge in [-0.15, -0.1) is 0 Å². The lowest BCUT2D eigenvalue weighted by Crippen LogP contribution is -2.32. The summed E-state index contributed by atoms with van der Waals surface area (Å²) in [5, 5.41) is 9.44. The smallest absolute Gasteiger partial charge is 0.329 e. The van der Waals surface area contributed by atoms with Gasteiger partial charge in [0.1, 0.15) is 5.69 Å². The van der Waals surface area contributed by atoms with E-state index in [-0.39, 0.29) is 0 Å². The summed E-state index contributed by atoms with van der Waals surface area (Å²) in [5.41, 5.74) is 1.82. The fourth-order valence-corrected chi connectivity index (χ4v) is 2.88. The number of ether oxygens (including phenoxy) is 1. The van der Waals surface area contributed by atoms with Crippen LogP contribution in [0, 0.1) is 11.3 Å². The van der Waals surface area contributed by atoms with Gasteiger partial charge in [-0.05, 0) is 31.4 Å². The third-order valence-corrected chi connectivity index (χ3v) is 4.07. The zero-order valence-electron chi connectivity index (χ0n) is 13.0. The van der Waals surface area contributed by atoms with Crippen LogP contribution >= 0.6 is 0 Å². The molecule has 0 N–H and O–H groups in total. The van der Waals surface area contributed by atoms with Crippen LogP contribution in [0.4, 0.5) is 5.82 Å². The maximum absolute atomic E-state index is 12.0. The molecule has 0 unspecified atom stereocenters. The summed E-state index contributed by atoms with van der Waals surface area (Å²) in [6.07, 6.45) is 3.33. The summed E-state index contributed by atoms with van der Waals surface area (Å²) in [6, 6.07) is 9.49. The second-order valence-corrected chi connectivity index (χ2v) is 5.55. The van der Waals surface area contributed by atoms with Crippen molar-refractivity contribution in [2.75, 3.05) is 25.1 Å². The number of esters is 1. The first-order valence-electron chi connectivity index (χ1n) is 7.73. The third-order valence-electron chi connectivity index (χ3n) is 4.07. The van der Waals surface area contributed by atoms with Crippen molar-refractivity contribution in [3.63, 3.8) is 0 Å². The van der Waals surface area contributed by atoms with Gasteiger partial charge >= 0.3 is 5.97 Å². The molecule has 1 aliphatic rings. The number of aromatic nitrogens is 2. The maximum atomic E-state index is 12.0. The van der Waals surface area contributed by atoms with Crippen molar-refractivity contribution < 1.29 is 9.53 Å². The van der Waals surface area contributed by atoms with Crippen molar-refractivity contribution in [1.82, 2.24) is 9.97 Å². The molecule has 0 bridgehead atoms. The molecule has 3 rings (SSSR count). The van der Waals surface area contributed by atoms with Gasteiger partial charge in [-0.1, -0.05) is 12.1 Å². The predicted molar refractivity (Wildman–Crippen MR) is 86.0 cm³/mol. The molecule has 2 heterocycles. The Morgan fingerprint density at radius 1 is 1.22 bits per heavy atom. The Bertz CT molecular complexity index is 763. The van der Waals surface area contributed by atoms with Crippen LogP contribution in [-0.4, -0.2) is 36.1 Å². The lowest BCUT2D eigenvalue weighted by atomic mass is 10.0. The van der Waals surface area contributed by atoms with E-state index in [1.54, 1.807) is 0 Å². The average molecular weight is 310 g/mol. The van der Waals surface area contributed by atoms with E-state index in [1.807, 2.05) is 30.3 Å². The van der Waals surface area contributed by atoms with Crippen molar-refractivity contribution in [3.05, 3.63) is 30.0 Å². The number of nitriles is 1. The minimum atomic E-state index is -1.06. The van der Waals surface area contributed by atoms with Gasteiger partial charge < -0.3 is 9.64 Å². The van der Waals surface area contributed by atoms with Gasteiger partial charge in [-0.25, -0.2) is 9.97 Å². The molecule has 6 nitrogen and oxygen atoms in total. The summed E-state index contributed by atoms with van der Waals surface area (Å²) in [6.45, 7) is 1.72. The number of piperidine rings is 1. The van der Waals surface area contributed by atoms with Crippen molar-refractivity contribution >= 4 is 22.8 Å². The summed E-state index contributed by atoms with van der Waals surface area (Å²) in [7, 11) is 1.28. The largest absolute Gasteiger partial charge is 0.468 e. The van der Waals surface area contributed by atoms with E-state index >= 15 is 0 Å². The number of hydrogen-bond donors (Lipinski definition) is 0. The van der Waals surface area contributed by atoms with Crippen LogP contribution in [-0.2, 0) is 9.53 Å². The Morgan fingerprint density at radius 3 is 2.48 bits per heavy atom. The Kier molecular flexibility index (Phi) is 4.38. The predicted octanol–water partition coefficient (Wildman–Crippen LogP) is 2.40. The molecule has 1 atom stereocenters. The van der Waals surface area contributed by atoms with Crippen LogP contribution in [0.5, 0.6) is 0 Å². The van der Waals surface area contributed by atoms with Crippen molar-refractivity contribution in [2.45, 2.75) is 25.2 Å². The van der Waals surface area contributed by atoms with Gasteiger partial charge in [0.25, 0.3) is 0 Å². The quantitative estimate of drug-likeness (QED) is 0.810. The summed E-state index contributed by atoms with van der Waals surface area (Å²) in [4.78, 5) is 23.4. The number of rotatable bonds is 3. The van der Waals surface area contributed by atoms with Crippen LogP contribution in [0.2, 0.25) is 0 Å². The third kappa shape index (κ3) is 2.95. The van der Waals surface area contributed by atoms with Crippen LogP contribution in [0.15, 0.2) is 24.3 Å². The Hall–Kier alpha value is -2.68. The molecule has 0 spiro atoms. The fourth-order valence-electron chi connectivity index (χ4n) is 2.88. The van der Waals surface area contributed by atoms with Gasteiger partial charge in [-0.2, -0.15) is 5.26 Å². The Labute approximate surface area is 134 Å². The Balaban J connectivity index is 2.15. The van der Waals surface area contributed by atoms with Crippen LogP contribution in [0.1, 0.15) is 30.9 Å². The highest BCUT2D eigenvalue weighted by Gasteiger charge is 2.29. The normalized spacial score (nSPS) is 15.9. The highest BCUT2D eigenvalue weighted by molar-refractivity contribution is 5.85. The highest BCUT2D eigenvalue weighted by Crippen LogP contribution is 2.29. The number of carbonyl (C=O) groups is 1. The molecule has 1 fully saturated rings. The van der Waals surface area contributed by atoms with Crippen LogP contribution in [0.3, 0.4) is 0 Å². The molecule has 1 aliphatic heterocycles. The zero-order chi connectivity index (χ0) is 16.2. The van der Waals surface area contributed by atoms with E-state index in [4.69, 9.17) is 4.74 Å². The van der Waals surface area contributed by atoms with E-state index in [0.29, 0.717) is 17.0 Å². The van der Waals surface area contributed by atoms with E-state index in [1.165, 1.54) is 13.5 Å². The SMILES string of the molecule is COC(=O)[C@H](C#N)c1nc2ccccc2nc1N1CCCCC1. The molecule has 2 aromatic rings. The molecule has 118 valence electrons. The summed E-state index contributed by atoms with van der Waals surface area (Å²) >= 11 is 0. The molecule has 0 radical (unpaired) electrons. The molecule has 23 heavy (non-hydrogen) atoms. The molecular weight excluding hydrogens is 292 g/mol. The number of carbonyl (C=O) groups excluding carboxylic acids is 1. The number of nitrogens with zero attached hydrogens (tertiary/aromatic N) is 4. The van der Waals surface area contributed by atoms with Crippen molar-refractivity contribution in [2.24, 2.45) is 0 Å². The second-order valence-electron chi connectivity index (χ2n) is 5.55. The number of methoxy groups -OCH3 is 1. The topological polar surface area (TPSA) is 79.1 Å². The molecule has 1 aromatic carbocycles. The first-order chi connectivity index (χ1) is 11.2. The lowest BCUT2D eigenvalue weighted by Gasteiger charge is -2.29. The summed E-state index contributed by atoms with van der Waals surface area (Å²) in [5.74, 6) is -1.04. The number of fused-ring (bicyclic) bond motifs is 1. The second kappa shape index (κ2) is 6.61. The lowest BCUT2D eigenvalue weighted by molar-refractivity contribution is -0.141. The molecule has 1 aromatic heterocycles. The van der Waals surface area contributed by atoms with Gasteiger partial charge in [0.2, 0.25) is 0 Å². The zero-order valence-corrected chi connectivity index (χ0v) is 13.0. The van der Waals surface area contributed by atoms with E-state index in [2.05, 4.69) is 14.9 Å². The van der Waals surface area contributed by atoms with E-state index in [0.717, 1.165) is 31.4 Å². The van der Waals surface area contributed by atoms with Gasteiger partial charge in [-0.3, -0.25) is 4.79 Å². The number of hydrogen-bond acceptors (Lipinski definition) is 6. The first-order valence-corrected chi connectivity index (χ1v) is 7.73. The molecule has 0 saturated carbocycles. The molecule has 0 aliphatic carbocycles. The monoisotopic (exact) mass is 310 g/mol. The number of para-hydroxylation sites is 2. The van der Waals surface area contributed by atoms with Crippen LogP contribution in [0.25, 0.3) is 11.0 Å². The molecular formula is C17H18N4O2. The van der Waals surface area contributed by atoms with Crippen molar-refractivity contribution in [3.8, 4) is 6.07 Å². The standard InChI is InChI=1S/C17H18N4O2/c1-23-17(22)12(11-18)15-16(21-9-5-2-6-10-21)20-14-8-4-3-7-13(14)19-15/h3-4,7-8,12H,2,5-6,9-10H2,1H3/t12-/m1/s1. The first kappa shape index (κ1) is 15.2. The number of benzene rings is 1. The fraction of sp³-hybridized carbons (Fsp3) is 0.412. The van der Waals surface area contributed by atoms with E-state index < -0.39 is 11.9 Å². The van der Waals surface area contributed by atoms with Gasteiger partial charge in [0.05, 0.1) is 24.2 Å². The maximum Gasteiger partial charge on any atom is 0.329 e. The molecule has 0 amide bonds. The number of anilines is 1. The minimum absolute atomic E-state index is 0.389. The van der Waals surface area contributed by atoms with Gasteiger partial charge in [0, 0.05) is 13.1 Å². The summed E-state index contributed by atoms with van der Waals surface area (Å²) < 4.78 is 4.76. The minimum Gasteiger partial charge on any atom is -0.468 e. The highest BCUT2D eigenvalue weighted by atomic mass is 16.5. The Morgan fingerprint density at radius 2 is 1.87 bits per heavy atom. The molecule has 6 heteroatoms. The van der Waals surface area contributed by atoms with Gasteiger partial charge in [0.15, 0.2) is 11.7 Å². The van der Waals surface area contributed by atoms with E-state index in [9.17, 15) is 10.1 Å². The average Bonchev–Trinajstić information content (AvgIpc) is 2.62. The van der Waals surface area contributed by atoms with Crippen LogP contribution < -0.4 is 4.90 Å². The van der Waals surface area contributed by atoms with Crippen molar-refractivity contribution in [1.29, 1.82) is 5.26 Å².